The second-order valence-corrected chi connectivity index (χ2v) is 7.73. The standard InChI is InChI=1S/C12H26N2O2S/c1-11(2)17(15,16)13-9-12(3)10-14-7-5-4-6-8-14/h11-13H,4-10H2,1-3H3. The van der Waals surface area contributed by atoms with Gasteiger partial charge in [-0.25, -0.2) is 13.1 Å². The van der Waals surface area contributed by atoms with Gasteiger partial charge in [0.2, 0.25) is 10.0 Å². The van der Waals surface area contributed by atoms with E-state index in [2.05, 4.69) is 16.5 Å². The van der Waals surface area contributed by atoms with Gasteiger partial charge in [-0.05, 0) is 45.7 Å². The van der Waals surface area contributed by atoms with Gasteiger partial charge in [0.05, 0.1) is 5.25 Å². The first-order valence-corrected chi connectivity index (χ1v) is 8.17. The van der Waals surface area contributed by atoms with Crippen LogP contribution in [0.5, 0.6) is 0 Å². The highest BCUT2D eigenvalue weighted by Gasteiger charge is 2.18. The van der Waals surface area contributed by atoms with E-state index in [1.54, 1.807) is 13.8 Å². The number of nitrogens with zero attached hydrogens (tertiary/aromatic N) is 1. The first-order valence-electron chi connectivity index (χ1n) is 6.62. The molecular weight excluding hydrogens is 236 g/mol. The molecule has 1 aliphatic heterocycles. The number of sulfonamides is 1. The van der Waals surface area contributed by atoms with Crippen LogP contribution in [0, 0.1) is 5.92 Å². The number of hydrogen-bond donors (Lipinski definition) is 1. The predicted octanol–water partition coefficient (Wildman–Crippen LogP) is 1.44. The van der Waals surface area contributed by atoms with Gasteiger partial charge in [-0.2, -0.15) is 0 Å². The maximum atomic E-state index is 11.6. The third-order valence-corrected chi connectivity index (χ3v) is 5.08. The van der Waals surface area contributed by atoms with Gasteiger partial charge < -0.3 is 4.90 Å². The molecule has 0 spiro atoms. The molecule has 1 N–H and O–H groups in total. The monoisotopic (exact) mass is 262 g/mol. The van der Waals surface area contributed by atoms with Gasteiger partial charge in [-0.1, -0.05) is 13.3 Å². The van der Waals surface area contributed by atoms with Gasteiger partial charge in [0.1, 0.15) is 0 Å². The molecule has 102 valence electrons. The van der Waals surface area contributed by atoms with Crippen molar-refractivity contribution < 1.29 is 8.42 Å². The maximum Gasteiger partial charge on any atom is 0.213 e. The molecule has 0 aromatic carbocycles. The molecule has 0 bridgehead atoms. The Balaban J connectivity index is 2.27. The van der Waals surface area contributed by atoms with Crippen molar-refractivity contribution in [3.8, 4) is 0 Å². The van der Waals surface area contributed by atoms with E-state index < -0.39 is 10.0 Å². The number of rotatable bonds is 6. The van der Waals surface area contributed by atoms with Crippen LogP contribution in [0.15, 0.2) is 0 Å². The van der Waals surface area contributed by atoms with E-state index in [1.807, 2.05) is 0 Å². The Morgan fingerprint density at radius 1 is 1.12 bits per heavy atom. The number of likely N-dealkylation sites (tertiary alicyclic amines) is 1. The van der Waals surface area contributed by atoms with Crippen molar-refractivity contribution in [1.82, 2.24) is 9.62 Å². The number of nitrogens with one attached hydrogen (secondary N) is 1. The second-order valence-electron chi connectivity index (χ2n) is 5.41. The van der Waals surface area contributed by atoms with E-state index in [0.29, 0.717) is 12.5 Å². The van der Waals surface area contributed by atoms with Gasteiger partial charge in [0.25, 0.3) is 0 Å². The Morgan fingerprint density at radius 2 is 1.71 bits per heavy atom. The highest BCUT2D eigenvalue weighted by Crippen LogP contribution is 2.10. The zero-order valence-corrected chi connectivity index (χ0v) is 12.1. The molecule has 0 radical (unpaired) electrons. The third-order valence-electron chi connectivity index (χ3n) is 3.27. The molecule has 17 heavy (non-hydrogen) atoms. The lowest BCUT2D eigenvalue weighted by atomic mass is 10.1. The van der Waals surface area contributed by atoms with E-state index in [9.17, 15) is 8.42 Å². The Bertz CT molecular complexity index is 308. The minimum absolute atomic E-state index is 0.343. The van der Waals surface area contributed by atoms with Crippen molar-refractivity contribution >= 4 is 10.0 Å². The molecule has 1 unspecified atom stereocenters. The van der Waals surface area contributed by atoms with Crippen LogP contribution in [0.3, 0.4) is 0 Å². The predicted molar refractivity (Wildman–Crippen MR) is 71.5 cm³/mol. The van der Waals surface area contributed by atoms with Gasteiger partial charge in [-0.15, -0.1) is 0 Å². The Labute approximate surface area is 106 Å². The van der Waals surface area contributed by atoms with E-state index in [4.69, 9.17) is 0 Å². The van der Waals surface area contributed by atoms with E-state index in [1.165, 1.54) is 32.4 Å². The first kappa shape index (κ1) is 14.9. The van der Waals surface area contributed by atoms with Crippen molar-refractivity contribution in [2.45, 2.75) is 45.3 Å². The van der Waals surface area contributed by atoms with Gasteiger partial charge in [0.15, 0.2) is 0 Å². The molecule has 4 nitrogen and oxygen atoms in total. The quantitative estimate of drug-likeness (QED) is 0.788. The fourth-order valence-electron chi connectivity index (χ4n) is 2.07. The van der Waals surface area contributed by atoms with E-state index in [0.717, 1.165) is 6.54 Å². The van der Waals surface area contributed by atoms with Crippen LogP contribution in [0.2, 0.25) is 0 Å². The average molecular weight is 262 g/mol. The van der Waals surface area contributed by atoms with Gasteiger partial charge in [-0.3, -0.25) is 0 Å². The molecule has 0 aromatic rings. The highest BCUT2D eigenvalue weighted by molar-refractivity contribution is 7.90. The molecule has 0 saturated carbocycles. The summed E-state index contributed by atoms with van der Waals surface area (Å²) >= 11 is 0. The molecular formula is C12H26N2O2S. The first-order chi connectivity index (χ1) is 7.92. The zero-order chi connectivity index (χ0) is 12.9. The van der Waals surface area contributed by atoms with Crippen molar-refractivity contribution in [3.63, 3.8) is 0 Å². The summed E-state index contributed by atoms with van der Waals surface area (Å²) in [6.45, 7) is 9.41. The molecule has 1 fully saturated rings. The lowest BCUT2D eigenvalue weighted by Crippen LogP contribution is -2.39. The minimum atomic E-state index is -3.10. The molecule has 1 heterocycles. The van der Waals surface area contributed by atoms with Crippen LogP contribution >= 0.6 is 0 Å². The van der Waals surface area contributed by atoms with Crippen LogP contribution < -0.4 is 4.72 Å². The molecule has 5 heteroatoms. The van der Waals surface area contributed by atoms with Crippen LogP contribution in [-0.4, -0.2) is 44.7 Å². The van der Waals surface area contributed by atoms with Crippen LogP contribution in [-0.2, 0) is 10.0 Å². The summed E-state index contributed by atoms with van der Waals surface area (Å²) in [4.78, 5) is 2.44. The SMILES string of the molecule is CC(CNS(=O)(=O)C(C)C)CN1CCCCC1. The lowest BCUT2D eigenvalue weighted by Gasteiger charge is -2.29. The minimum Gasteiger partial charge on any atom is -0.303 e. The van der Waals surface area contributed by atoms with Crippen molar-refractivity contribution in [2.24, 2.45) is 5.92 Å². The molecule has 0 aromatic heterocycles. The fraction of sp³-hybridized carbons (Fsp3) is 1.00. The summed E-state index contributed by atoms with van der Waals surface area (Å²) in [7, 11) is -3.10. The molecule has 0 aliphatic carbocycles. The maximum absolute atomic E-state index is 11.6. The lowest BCUT2D eigenvalue weighted by molar-refractivity contribution is 0.201. The van der Waals surface area contributed by atoms with Crippen molar-refractivity contribution in [3.05, 3.63) is 0 Å². The summed E-state index contributed by atoms with van der Waals surface area (Å²) in [5, 5.41) is -0.343. The second kappa shape index (κ2) is 6.71. The third kappa shape index (κ3) is 5.36. The Kier molecular flexibility index (Phi) is 5.89. The Hall–Kier alpha value is -0.130. The topological polar surface area (TPSA) is 49.4 Å². The molecule has 1 aliphatic rings. The Morgan fingerprint density at radius 3 is 2.24 bits per heavy atom. The fourth-order valence-corrected chi connectivity index (χ4v) is 2.92. The van der Waals surface area contributed by atoms with Gasteiger partial charge in [0, 0.05) is 13.1 Å². The highest BCUT2D eigenvalue weighted by atomic mass is 32.2. The van der Waals surface area contributed by atoms with E-state index in [-0.39, 0.29) is 5.25 Å². The number of hydrogen-bond acceptors (Lipinski definition) is 3. The molecule has 1 saturated heterocycles. The smallest absolute Gasteiger partial charge is 0.213 e. The normalized spacial score (nSPS) is 20.7. The molecule has 0 amide bonds. The van der Waals surface area contributed by atoms with Crippen molar-refractivity contribution in [2.75, 3.05) is 26.2 Å². The molecule has 1 rings (SSSR count). The van der Waals surface area contributed by atoms with Gasteiger partial charge >= 0.3 is 0 Å². The van der Waals surface area contributed by atoms with E-state index >= 15 is 0 Å². The van der Waals surface area contributed by atoms with Crippen LogP contribution in [0.1, 0.15) is 40.0 Å². The summed E-state index contributed by atoms with van der Waals surface area (Å²) in [6.07, 6.45) is 3.90. The van der Waals surface area contributed by atoms with Crippen LogP contribution in [0.4, 0.5) is 0 Å². The largest absolute Gasteiger partial charge is 0.303 e. The summed E-state index contributed by atoms with van der Waals surface area (Å²) < 4.78 is 25.9. The van der Waals surface area contributed by atoms with Crippen molar-refractivity contribution in [1.29, 1.82) is 0 Å². The molecule has 1 atom stereocenters. The average Bonchev–Trinajstić information content (AvgIpc) is 2.28. The zero-order valence-electron chi connectivity index (χ0n) is 11.3. The van der Waals surface area contributed by atoms with Crippen LogP contribution in [0.25, 0.3) is 0 Å². The summed E-state index contributed by atoms with van der Waals surface area (Å²) in [6, 6.07) is 0. The summed E-state index contributed by atoms with van der Waals surface area (Å²) in [5.41, 5.74) is 0. The number of piperidine rings is 1. The summed E-state index contributed by atoms with van der Waals surface area (Å²) in [5.74, 6) is 0.377.